The van der Waals surface area contributed by atoms with E-state index in [0.717, 1.165) is 11.3 Å². The Bertz CT molecular complexity index is 1600. The minimum Gasteiger partial charge on any atom is -0.457 e. The Morgan fingerprint density at radius 3 is 2.11 bits per heavy atom. The molecule has 0 saturated heterocycles. The van der Waals surface area contributed by atoms with Gasteiger partial charge in [-0.3, -0.25) is 10.2 Å². The molecule has 0 spiro atoms. The van der Waals surface area contributed by atoms with Crippen LogP contribution < -0.4 is 21.5 Å². The first-order valence-corrected chi connectivity index (χ1v) is 11.9. The fraction of sp³-hybridized carbons (Fsp3) is 0. The molecule has 5 aromatic rings. The number of carbonyl (C=O) groups excluding carboxylic acids is 1. The highest BCUT2D eigenvalue weighted by molar-refractivity contribution is 6.07. The van der Waals surface area contributed by atoms with E-state index in [1.807, 2.05) is 97.1 Å². The third kappa shape index (κ3) is 5.37. The zero-order chi connectivity index (χ0) is 26.5. The lowest BCUT2D eigenvalue weighted by atomic mass is 9.96. The molecular formula is C31H25N5O2. The topological polar surface area (TPSA) is 127 Å². The number of para-hydroxylation sites is 2. The Hall–Kier alpha value is -5.43. The summed E-state index contributed by atoms with van der Waals surface area (Å²) in [6.45, 7) is 0. The molecule has 7 nitrogen and oxygen atoms in total. The molecule has 7 heteroatoms. The lowest BCUT2D eigenvalue weighted by molar-refractivity contribution is 0.102. The molecule has 4 aromatic carbocycles. The van der Waals surface area contributed by atoms with Crippen LogP contribution in [0, 0.1) is 5.41 Å². The number of nitrogens with one attached hydrogen (secondary N) is 2. The van der Waals surface area contributed by atoms with Crippen molar-refractivity contribution in [3.8, 4) is 33.9 Å². The maximum Gasteiger partial charge on any atom is 0.255 e. The molecule has 1 heterocycles. The number of hydrogen-bond donors (Lipinski definition) is 4. The summed E-state index contributed by atoms with van der Waals surface area (Å²) in [4.78, 5) is 17.4. The molecule has 0 atom stereocenters. The number of nitrogens with two attached hydrogens (primary N) is 2. The largest absolute Gasteiger partial charge is 0.457 e. The first kappa shape index (κ1) is 24.3. The Labute approximate surface area is 220 Å². The van der Waals surface area contributed by atoms with Crippen molar-refractivity contribution in [3.05, 3.63) is 126 Å². The molecule has 0 bridgehead atoms. The van der Waals surface area contributed by atoms with Crippen LogP contribution in [0.15, 0.2) is 115 Å². The zero-order valence-corrected chi connectivity index (χ0v) is 20.4. The predicted octanol–water partition coefficient (Wildman–Crippen LogP) is 6.33. The van der Waals surface area contributed by atoms with Gasteiger partial charge in [-0.05, 0) is 65.7 Å². The van der Waals surface area contributed by atoms with Gasteiger partial charge in [-0.15, -0.1) is 0 Å². The molecule has 1 amide bonds. The second-order valence-electron chi connectivity index (χ2n) is 8.57. The van der Waals surface area contributed by atoms with E-state index in [-0.39, 0.29) is 17.6 Å². The van der Waals surface area contributed by atoms with Gasteiger partial charge in [-0.2, -0.15) is 0 Å². The molecule has 0 aliphatic heterocycles. The number of amidine groups is 1. The second-order valence-corrected chi connectivity index (χ2v) is 8.57. The molecule has 0 fully saturated rings. The SMILES string of the molecule is N=C(N)c1c(-c2ccc(Oc3ccccc3)cc2)cc(-c2cccc(C(=O)Nc3ccccc3)c2)nc1N. The van der Waals surface area contributed by atoms with Crippen molar-refractivity contribution in [1.29, 1.82) is 5.41 Å². The average molecular weight is 500 g/mol. The maximum atomic E-state index is 12.8. The first-order chi connectivity index (χ1) is 18.5. The molecule has 0 saturated carbocycles. The molecule has 6 N–H and O–H groups in total. The van der Waals surface area contributed by atoms with Crippen molar-refractivity contribution in [2.24, 2.45) is 5.73 Å². The number of rotatable bonds is 7. The van der Waals surface area contributed by atoms with Gasteiger partial charge < -0.3 is 21.5 Å². The van der Waals surface area contributed by atoms with Crippen LogP contribution in [0.25, 0.3) is 22.4 Å². The molecule has 0 radical (unpaired) electrons. The van der Waals surface area contributed by atoms with Crippen molar-refractivity contribution in [1.82, 2.24) is 4.98 Å². The highest BCUT2D eigenvalue weighted by Gasteiger charge is 2.17. The van der Waals surface area contributed by atoms with E-state index < -0.39 is 0 Å². The molecule has 0 unspecified atom stereocenters. The highest BCUT2D eigenvalue weighted by atomic mass is 16.5. The molecule has 0 aliphatic rings. The Morgan fingerprint density at radius 1 is 0.763 bits per heavy atom. The number of pyridine rings is 1. The van der Waals surface area contributed by atoms with E-state index >= 15 is 0 Å². The number of aromatic nitrogens is 1. The van der Waals surface area contributed by atoms with Crippen LogP contribution in [-0.2, 0) is 0 Å². The van der Waals surface area contributed by atoms with E-state index in [1.165, 1.54) is 0 Å². The average Bonchev–Trinajstić information content (AvgIpc) is 2.94. The number of nitrogens with zero attached hydrogens (tertiary/aromatic N) is 1. The summed E-state index contributed by atoms with van der Waals surface area (Å²) in [6, 6.07) is 35.2. The van der Waals surface area contributed by atoms with Gasteiger partial charge in [-0.1, -0.05) is 60.7 Å². The van der Waals surface area contributed by atoms with Crippen molar-refractivity contribution in [3.63, 3.8) is 0 Å². The van der Waals surface area contributed by atoms with Crippen LogP contribution in [0.5, 0.6) is 11.5 Å². The third-order valence-electron chi connectivity index (χ3n) is 5.91. The van der Waals surface area contributed by atoms with Crippen molar-refractivity contribution < 1.29 is 9.53 Å². The standard InChI is InChI=1S/C31H25N5O2/c32-29(33)28-26(20-14-16-25(17-15-20)38-24-12-5-2-6-13-24)19-27(36-30(28)34)21-8-7-9-22(18-21)31(37)35-23-10-3-1-4-11-23/h1-19H,(H3,32,33)(H2,34,36)(H,35,37). The van der Waals surface area contributed by atoms with Crippen molar-refractivity contribution in [2.45, 2.75) is 0 Å². The van der Waals surface area contributed by atoms with E-state index in [9.17, 15) is 4.79 Å². The fourth-order valence-electron chi connectivity index (χ4n) is 4.10. The molecule has 0 aliphatic carbocycles. The summed E-state index contributed by atoms with van der Waals surface area (Å²) in [7, 11) is 0. The third-order valence-corrected chi connectivity index (χ3v) is 5.91. The number of amides is 1. The highest BCUT2D eigenvalue weighted by Crippen LogP contribution is 2.33. The normalized spacial score (nSPS) is 10.5. The van der Waals surface area contributed by atoms with Crippen LogP contribution in [0.3, 0.4) is 0 Å². The minimum absolute atomic E-state index is 0.133. The summed E-state index contributed by atoms with van der Waals surface area (Å²) < 4.78 is 5.90. The van der Waals surface area contributed by atoms with Crippen LogP contribution in [0.2, 0.25) is 0 Å². The van der Waals surface area contributed by atoms with E-state index in [2.05, 4.69) is 10.3 Å². The van der Waals surface area contributed by atoms with Gasteiger partial charge in [-0.25, -0.2) is 4.98 Å². The fourth-order valence-corrected chi connectivity index (χ4v) is 4.10. The van der Waals surface area contributed by atoms with Gasteiger partial charge in [0.25, 0.3) is 5.91 Å². The van der Waals surface area contributed by atoms with Gasteiger partial charge in [0, 0.05) is 16.8 Å². The van der Waals surface area contributed by atoms with Gasteiger partial charge in [0.2, 0.25) is 0 Å². The van der Waals surface area contributed by atoms with Crippen LogP contribution in [0.4, 0.5) is 11.5 Å². The first-order valence-electron chi connectivity index (χ1n) is 11.9. The van der Waals surface area contributed by atoms with E-state index in [0.29, 0.717) is 39.4 Å². The van der Waals surface area contributed by atoms with E-state index in [1.54, 1.807) is 18.2 Å². The molecule has 186 valence electrons. The zero-order valence-electron chi connectivity index (χ0n) is 20.4. The van der Waals surface area contributed by atoms with Crippen LogP contribution in [0.1, 0.15) is 15.9 Å². The quantitative estimate of drug-likeness (QED) is 0.154. The van der Waals surface area contributed by atoms with Crippen molar-refractivity contribution >= 4 is 23.2 Å². The predicted molar refractivity (Wildman–Crippen MR) is 151 cm³/mol. The smallest absolute Gasteiger partial charge is 0.255 e. The summed E-state index contributed by atoms with van der Waals surface area (Å²) >= 11 is 0. The minimum atomic E-state index is -0.236. The second kappa shape index (κ2) is 10.7. The van der Waals surface area contributed by atoms with Gasteiger partial charge in [0.15, 0.2) is 0 Å². The van der Waals surface area contributed by atoms with Gasteiger partial charge in [0.05, 0.1) is 11.3 Å². The lowest BCUT2D eigenvalue weighted by Crippen LogP contribution is -2.16. The summed E-state index contributed by atoms with van der Waals surface area (Å²) in [5, 5.41) is 11.0. The molecule has 1 aromatic heterocycles. The maximum absolute atomic E-state index is 12.8. The molecule has 5 rings (SSSR count). The van der Waals surface area contributed by atoms with Crippen molar-refractivity contribution in [2.75, 3.05) is 11.1 Å². The Kier molecular flexibility index (Phi) is 6.82. The van der Waals surface area contributed by atoms with E-state index in [4.69, 9.17) is 21.6 Å². The monoisotopic (exact) mass is 499 g/mol. The number of benzene rings is 4. The van der Waals surface area contributed by atoms with Gasteiger partial charge >= 0.3 is 0 Å². The number of carbonyl (C=O) groups is 1. The lowest BCUT2D eigenvalue weighted by Gasteiger charge is -2.15. The van der Waals surface area contributed by atoms with Crippen LogP contribution in [-0.4, -0.2) is 16.7 Å². The number of ether oxygens (including phenoxy) is 1. The summed E-state index contributed by atoms with van der Waals surface area (Å²) in [5.41, 5.74) is 16.4. The summed E-state index contributed by atoms with van der Waals surface area (Å²) in [6.07, 6.45) is 0. The number of nitrogen functional groups attached to an aromatic ring is 2. The summed E-state index contributed by atoms with van der Waals surface area (Å²) in [5.74, 6) is 1.12. The van der Waals surface area contributed by atoms with Gasteiger partial charge in [0.1, 0.15) is 23.2 Å². The Balaban J connectivity index is 1.48. The Morgan fingerprint density at radius 2 is 1.42 bits per heavy atom. The number of anilines is 2. The number of hydrogen-bond acceptors (Lipinski definition) is 5. The molecule has 38 heavy (non-hydrogen) atoms. The van der Waals surface area contributed by atoms with Crippen LogP contribution >= 0.6 is 0 Å². The molecular weight excluding hydrogens is 474 g/mol.